The Morgan fingerprint density at radius 2 is 2.10 bits per heavy atom. The van der Waals surface area contributed by atoms with Crippen molar-refractivity contribution in [3.8, 4) is 0 Å². The van der Waals surface area contributed by atoms with Crippen LogP contribution in [0.3, 0.4) is 0 Å². The van der Waals surface area contributed by atoms with Crippen molar-refractivity contribution in [2.24, 2.45) is 0 Å². The van der Waals surface area contributed by atoms with E-state index < -0.39 is 5.97 Å². The maximum Gasteiger partial charge on any atom is 0.313 e. The molecule has 0 radical (unpaired) electrons. The summed E-state index contributed by atoms with van der Waals surface area (Å²) in [4.78, 5) is 18.4. The lowest BCUT2D eigenvalue weighted by Gasteiger charge is -2.14. The van der Waals surface area contributed by atoms with Gasteiger partial charge in [0.15, 0.2) is 5.16 Å². The van der Waals surface area contributed by atoms with Crippen molar-refractivity contribution in [1.29, 1.82) is 0 Å². The van der Waals surface area contributed by atoms with E-state index in [4.69, 9.17) is 21.4 Å². The fourth-order valence-electron chi connectivity index (χ4n) is 3.15. The third-order valence-corrected chi connectivity index (χ3v) is 5.96. The summed E-state index contributed by atoms with van der Waals surface area (Å²) in [6.07, 6.45) is 6.90. The predicted octanol–water partition coefficient (Wildman–Crippen LogP) is 6.56. The van der Waals surface area contributed by atoms with E-state index in [1.165, 1.54) is 0 Å². The number of hydrogen-bond donors (Lipinski definition) is 2. The molecule has 1 aromatic heterocycles. The molecule has 162 valence electrons. The molecule has 1 atom stereocenters. The highest BCUT2D eigenvalue weighted by molar-refractivity contribution is 7.99. The maximum atomic E-state index is 10.8. The standard InChI is InChI=1S/C24H25ClN2O3S/c1-3-17(10-11-18(4-2)30-14-16-8-6-5-7-9-16)19-12-21-22(13-20(19)25)27-24(26-21)31-15-23(28)29/h4-13,17H,3,14-15H2,1-2H3,(H,26,27)(H,28,29)/b11-10-,18-4?. The first kappa shape index (κ1) is 23.0. The molecular formula is C24H25ClN2O3S. The summed E-state index contributed by atoms with van der Waals surface area (Å²) in [5.74, 6) is -0.0239. The number of ether oxygens (including phenoxy) is 1. The number of carboxylic acids is 1. The molecule has 0 aliphatic carbocycles. The van der Waals surface area contributed by atoms with Gasteiger partial charge >= 0.3 is 5.97 Å². The Balaban J connectivity index is 1.75. The van der Waals surface area contributed by atoms with E-state index in [9.17, 15) is 4.79 Å². The largest absolute Gasteiger partial charge is 0.489 e. The summed E-state index contributed by atoms with van der Waals surface area (Å²) in [6, 6.07) is 13.9. The lowest BCUT2D eigenvalue weighted by atomic mass is 9.95. The molecule has 0 saturated heterocycles. The Kier molecular flexibility index (Phi) is 8.20. The summed E-state index contributed by atoms with van der Waals surface area (Å²) >= 11 is 7.72. The zero-order valence-electron chi connectivity index (χ0n) is 17.5. The maximum absolute atomic E-state index is 10.8. The van der Waals surface area contributed by atoms with Gasteiger partial charge in [-0.25, -0.2) is 4.98 Å². The van der Waals surface area contributed by atoms with Crippen molar-refractivity contribution < 1.29 is 14.6 Å². The number of aromatic amines is 1. The zero-order valence-corrected chi connectivity index (χ0v) is 19.0. The molecular weight excluding hydrogens is 432 g/mol. The number of carboxylic acid groups (broad SMARTS) is 1. The van der Waals surface area contributed by atoms with Crippen molar-refractivity contribution in [2.75, 3.05) is 5.75 Å². The predicted molar refractivity (Wildman–Crippen MR) is 127 cm³/mol. The third kappa shape index (κ3) is 6.39. The van der Waals surface area contributed by atoms with Gasteiger partial charge in [0, 0.05) is 10.9 Å². The highest BCUT2D eigenvalue weighted by Gasteiger charge is 2.14. The fraction of sp³-hybridized carbons (Fsp3) is 0.250. The van der Waals surface area contributed by atoms with Crippen LogP contribution in [0.25, 0.3) is 11.0 Å². The highest BCUT2D eigenvalue weighted by Crippen LogP contribution is 2.33. The van der Waals surface area contributed by atoms with Crippen LogP contribution in [0.5, 0.6) is 0 Å². The van der Waals surface area contributed by atoms with Crippen LogP contribution >= 0.6 is 23.4 Å². The molecule has 1 heterocycles. The molecule has 3 aromatic rings. The van der Waals surface area contributed by atoms with E-state index in [-0.39, 0.29) is 11.7 Å². The lowest BCUT2D eigenvalue weighted by Crippen LogP contribution is -1.97. The van der Waals surface area contributed by atoms with Gasteiger partial charge in [-0.05, 0) is 48.8 Å². The van der Waals surface area contributed by atoms with Crippen LogP contribution in [0.4, 0.5) is 0 Å². The lowest BCUT2D eigenvalue weighted by molar-refractivity contribution is -0.133. The van der Waals surface area contributed by atoms with Crippen LogP contribution < -0.4 is 0 Å². The number of fused-ring (bicyclic) bond motifs is 1. The molecule has 0 amide bonds. The van der Waals surface area contributed by atoms with E-state index in [0.29, 0.717) is 16.8 Å². The molecule has 2 N–H and O–H groups in total. The van der Waals surface area contributed by atoms with Crippen LogP contribution in [0.1, 0.15) is 37.3 Å². The Hall–Kier alpha value is -2.70. The number of nitrogens with zero attached hydrogens (tertiary/aromatic N) is 1. The van der Waals surface area contributed by atoms with Gasteiger partial charge in [0.1, 0.15) is 12.4 Å². The summed E-state index contributed by atoms with van der Waals surface area (Å²) < 4.78 is 5.93. The van der Waals surface area contributed by atoms with Crippen LogP contribution in [0.2, 0.25) is 5.02 Å². The van der Waals surface area contributed by atoms with Crippen LogP contribution in [0, 0.1) is 0 Å². The van der Waals surface area contributed by atoms with Gasteiger partial charge in [-0.3, -0.25) is 4.79 Å². The molecule has 1 unspecified atom stereocenters. The van der Waals surface area contributed by atoms with Crippen molar-refractivity contribution in [2.45, 2.75) is 37.9 Å². The number of carbonyl (C=O) groups is 1. The number of benzene rings is 2. The molecule has 5 nitrogen and oxygen atoms in total. The number of imidazole rings is 1. The van der Waals surface area contributed by atoms with Crippen LogP contribution in [-0.2, 0) is 16.1 Å². The molecule has 0 spiro atoms. The number of aromatic nitrogens is 2. The van der Waals surface area contributed by atoms with Crippen LogP contribution in [0.15, 0.2) is 71.6 Å². The summed E-state index contributed by atoms with van der Waals surface area (Å²) in [6.45, 7) is 4.57. The van der Waals surface area contributed by atoms with Gasteiger partial charge in [-0.2, -0.15) is 0 Å². The fourth-order valence-corrected chi connectivity index (χ4v) is 4.05. The molecule has 0 aliphatic heterocycles. The molecule has 2 aromatic carbocycles. The first-order chi connectivity index (χ1) is 15.0. The molecule has 0 saturated carbocycles. The number of thioether (sulfide) groups is 1. The summed E-state index contributed by atoms with van der Waals surface area (Å²) in [7, 11) is 0. The molecule has 3 rings (SSSR count). The monoisotopic (exact) mass is 456 g/mol. The Morgan fingerprint density at radius 3 is 2.77 bits per heavy atom. The number of H-pyrrole nitrogens is 1. The summed E-state index contributed by atoms with van der Waals surface area (Å²) in [5.41, 5.74) is 3.67. The Labute approximate surface area is 191 Å². The van der Waals surface area contributed by atoms with Crippen molar-refractivity contribution >= 4 is 40.4 Å². The van der Waals surface area contributed by atoms with Gasteiger partial charge in [-0.1, -0.05) is 66.7 Å². The SMILES string of the molecule is CC=C(/C=C\C(CC)c1cc2[nH]c(SCC(=O)O)nc2cc1Cl)OCc1ccccc1. The smallest absolute Gasteiger partial charge is 0.313 e. The first-order valence-corrected chi connectivity index (χ1v) is 11.4. The topological polar surface area (TPSA) is 75.2 Å². The number of hydrogen-bond acceptors (Lipinski definition) is 4. The third-order valence-electron chi connectivity index (χ3n) is 4.78. The van der Waals surface area contributed by atoms with E-state index in [1.54, 1.807) is 0 Å². The quantitative estimate of drug-likeness (QED) is 0.205. The van der Waals surface area contributed by atoms with Gasteiger partial charge in [-0.15, -0.1) is 0 Å². The van der Waals surface area contributed by atoms with Crippen molar-refractivity contribution in [3.05, 3.63) is 82.6 Å². The van der Waals surface area contributed by atoms with E-state index in [2.05, 4.69) is 23.0 Å². The molecule has 0 aliphatic rings. The second-order valence-corrected chi connectivity index (χ2v) is 8.33. The molecule has 7 heteroatoms. The minimum Gasteiger partial charge on any atom is -0.489 e. The average molecular weight is 457 g/mol. The second-order valence-electron chi connectivity index (χ2n) is 6.95. The number of aliphatic carboxylic acids is 1. The molecule has 0 bridgehead atoms. The summed E-state index contributed by atoms with van der Waals surface area (Å²) in [5, 5.41) is 10.1. The Morgan fingerprint density at radius 1 is 1.32 bits per heavy atom. The number of allylic oxidation sites excluding steroid dienone is 3. The van der Waals surface area contributed by atoms with Gasteiger partial charge in [0.05, 0.1) is 16.8 Å². The zero-order chi connectivity index (χ0) is 22.2. The van der Waals surface area contributed by atoms with E-state index in [1.807, 2.05) is 61.5 Å². The number of halogens is 1. The Bertz CT molecular complexity index is 1090. The minimum atomic E-state index is -0.880. The number of rotatable bonds is 10. The highest BCUT2D eigenvalue weighted by atomic mass is 35.5. The van der Waals surface area contributed by atoms with Crippen molar-refractivity contribution in [1.82, 2.24) is 9.97 Å². The minimum absolute atomic E-state index is 0.0458. The number of nitrogens with one attached hydrogen (secondary N) is 1. The molecule has 0 fully saturated rings. The average Bonchev–Trinajstić information content (AvgIpc) is 3.17. The normalized spacial score (nSPS) is 13.1. The second kappa shape index (κ2) is 11.1. The van der Waals surface area contributed by atoms with Crippen LogP contribution in [-0.4, -0.2) is 26.8 Å². The molecule has 31 heavy (non-hydrogen) atoms. The first-order valence-electron chi connectivity index (χ1n) is 10.0. The van der Waals surface area contributed by atoms with Gasteiger partial charge < -0.3 is 14.8 Å². The van der Waals surface area contributed by atoms with Gasteiger partial charge in [0.2, 0.25) is 0 Å². The van der Waals surface area contributed by atoms with Gasteiger partial charge in [0.25, 0.3) is 0 Å². The van der Waals surface area contributed by atoms with E-state index >= 15 is 0 Å². The van der Waals surface area contributed by atoms with Crippen molar-refractivity contribution in [3.63, 3.8) is 0 Å². The van der Waals surface area contributed by atoms with E-state index in [0.717, 1.165) is 46.1 Å².